The maximum Gasteiger partial charge on any atom is 0.227 e. The highest BCUT2D eigenvalue weighted by atomic mass is 32.2. The molecular weight excluding hydrogens is 378 g/mol. The molecule has 2 heterocycles. The number of hydrogen-bond donors (Lipinski definition) is 1. The molecule has 1 N–H and O–H groups in total. The lowest BCUT2D eigenvalue weighted by Crippen LogP contribution is -2.12. The van der Waals surface area contributed by atoms with Crippen LogP contribution < -0.4 is 5.32 Å². The van der Waals surface area contributed by atoms with Crippen molar-refractivity contribution in [1.29, 1.82) is 0 Å². The quantitative estimate of drug-likeness (QED) is 0.576. The van der Waals surface area contributed by atoms with E-state index in [1.807, 2.05) is 40.7 Å². The first-order valence-corrected chi connectivity index (χ1v) is 11.0. The lowest BCUT2D eigenvalue weighted by atomic mass is 10.2. The van der Waals surface area contributed by atoms with Gasteiger partial charge in [-0.2, -0.15) is 16.3 Å². The van der Waals surface area contributed by atoms with Crippen LogP contribution in [0.4, 0.5) is 5.69 Å². The first-order chi connectivity index (χ1) is 13.3. The monoisotopic (exact) mass is 399 g/mol. The van der Waals surface area contributed by atoms with E-state index < -0.39 is 0 Å². The lowest BCUT2D eigenvalue weighted by molar-refractivity contribution is -0.116. The fourth-order valence-electron chi connectivity index (χ4n) is 3.12. The SMILES string of the molecule is O=C(CCc1nc(-c2ccsc2)no1)Nc1ccc(SC2CCCC2)cc1. The number of hydrogen-bond acceptors (Lipinski definition) is 6. The summed E-state index contributed by atoms with van der Waals surface area (Å²) in [5.41, 5.74) is 1.76. The molecule has 5 nitrogen and oxygen atoms in total. The summed E-state index contributed by atoms with van der Waals surface area (Å²) in [6, 6.07) is 10.1. The van der Waals surface area contributed by atoms with Crippen LogP contribution in [0.3, 0.4) is 0 Å². The van der Waals surface area contributed by atoms with E-state index in [2.05, 4.69) is 27.6 Å². The third-order valence-corrected chi connectivity index (χ3v) is 6.59. The van der Waals surface area contributed by atoms with Gasteiger partial charge < -0.3 is 9.84 Å². The van der Waals surface area contributed by atoms with E-state index in [4.69, 9.17) is 4.52 Å². The Labute approximate surface area is 166 Å². The summed E-state index contributed by atoms with van der Waals surface area (Å²) in [6.45, 7) is 0. The summed E-state index contributed by atoms with van der Waals surface area (Å²) < 4.78 is 5.23. The van der Waals surface area contributed by atoms with Crippen molar-refractivity contribution in [3.05, 3.63) is 47.0 Å². The average molecular weight is 400 g/mol. The normalized spacial score (nSPS) is 14.5. The Morgan fingerprint density at radius 1 is 1.22 bits per heavy atom. The predicted octanol–water partition coefficient (Wildman–Crippen LogP) is 5.40. The van der Waals surface area contributed by atoms with Gasteiger partial charge in [-0.3, -0.25) is 4.79 Å². The summed E-state index contributed by atoms with van der Waals surface area (Å²) in [5, 5.41) is 11.6. The van der Waals surface area contributed by atoms with Gasteiger partial charge in [-0.1, -0.05) is 18.0 Å². The Morgan fingerprint density at radius 2 is 2.04 bits per heavy atom. The van der Waals surface area contributed by atoms with Crippen LogP contribution in [0.15, 0.2) is 50.5 Å². The molecule has 0 radical (unpaired) electrons. The molecule has 1 saturated carbocycles. The largest absolute Gasteiger partial charge is 0.339 e. The summed E-state index contributed by atoms with van der Waals surface area (Å²) in [7, 11) is 0. The first-order valence-electron chi connectivity index (χ1n) is 9.18. The molecule has 1 aliphatic rings. The minimum absolute atomic E-state index is 0.0542. The molecule has 140 valence electrons. The number of carbonyl (C=O) groups is 1. The molecule has 1 aliphatic carbocycles. The summed E-state index contributed by atoms with van der Waals surface area (Å²) in [5.74, 6) is 0.998. The molecule has 0 aliphatic heterocycles. The second-order valence-corrected chi connectivity index (χ2v) is 8.77. The Hall–Kier alpha value is -2.12. The molecule has 1 fully saturated rings. The van der Waals surface area contributed by atoms with Crippen LogP contribution in [0.25, 0.3) is 11.4 Å². The Balaban J connectivity index is 1.25. The third kappa shape index (κ3) is 4.99. The van der Waals surface area contributed by atoms with Crippen molar-refractivity contribution in [3.63, 3.8) is 0 Å². The van der Waals surface area contributed by atoms with Crippen LogP contribution in [0, 0.1) is 0 Å². The van der Waals surface area contributed by atoms with Crippen LogP contribution in [-0.4, -0.2) is 21.3 Å². The lowest BCUT2D eigenvalue weighted by Gasteiger charge is -2.09. The van der Waals surface area contributed by atoms with E-state index in [-0.39, 0.29) is 5.91 Å². The van der Waals surface area contributed by atoms with Gasteiger partial charge in [0.2, 0.25) is 17.6 Å². The highest BCUT2D eigenvalue weighted by Gasteiger charge is 2.16. The molecule has 3 aromatic rings. The number of thiophene rings is 1. The number of nitrogens with zero attached hydrogens (tertiary/aromatic N) is 2. The van der Waals surface area contributed by atoms with E-state index in [1.165, 1.54) is 30.6 Å². The number of aromatic nitrogens is 2. The molecule has 0 bridgehead atoms. The first kappa shape index (κ1) is 18.3. The average Bonchev–Trinajstić information content (AvgIpc) is 3.44. The highest BCUT2D eigenvalue weighted by molar-refractivity contribution is 8.00. The molecule has 4 rings (SSSR count). The van der Waals surface area contributed by atoms with Crippen molar-refractivity contribution >= 4 is 34.7 Å². The van der Waals surface area contributed by atoms with Gasteiger partial charge in [0.25, 0.3) is 0 Å². The maximum atomic E-state index is 12.2. The zero-order valence-corrected chi connectivity index (χ0v) is 16.5. The van der Waals surface area contributed by atoms with Crippen molar-refractivity contribution in [2.24, 2.45) is 0 Å². The second-order valence-electron chi connectivity index (χ2n) is 6.62. The molecule has 0 unspecified atom stereocenters. The Kier molecular flexibility index (Phi) is 5.89. The van der Waals surface area contributed by atoms with E-state index in [0.29, 0.717) is 24.6 Å². The predicted molar refractivity (Wildman–Crippen MR) is 109 cm³/mol. The minimum Gasteiger partial charge on any atom is -0.339 e. The number of nitrogens with one attached hydrogen (secondary N) is 1. The molecular formula is C20H21N3O2S2. The molecule has 2 aromatic heterocycles. The van der Waals surface area contributed by atoms with Gasteiger partial charge >= 0.3 is 0 Å². The molecule has 0 saturated heterocycles. The van der Waals surface area contributed by atoms with E-state index in [9.17, 15) is 4.79 Å². The van der Waals surface area contributed by atoms with E-state index >= 15 is 0 Å². The summed E-state index contributed by atoms with van der Waals surface area (Å²) in [4.78, 5) is 17.8. The van der Waals surface area contributed by atoms with Crippen LogP contribution in [0.2, 0.25) is 0 Å². The number of benzene rings is 1. The summed E-state index contributed by atoms with van der Waals surface area (Å²) >= 11 is 3.53. The number of aryl methyl sites for hydroxylation is 1. The maximum absolute atomic E-state index is 12.2. The zero-order chi connectivity index (χ0) is 18.5. The third-order valence-electron chi connectivity index (χ3n) is 4.56. The van der Waals surface area contributed by atoms with Gasteiger partial charge in [0.15, 0.2) is 0 Å². The van der Waals surface area contributed by atoms with Crippen molar-refractivity contribution in [2.45, 2.75) is 48.7 Å². The Morgan fingerprint density at radius 3 is 2.78 bits per heavy atom. The zero-order valence-electron chi connectivity index (χ0n) is 14.9. The van der Waals surface area contributed by atoms with Crippen molar-refractivity contribution in [1.82, 2.24) is 10.1 Å². The van der Waals surface area contributed by atoms with Gasteiger partial charge in [-0.25, -0.2) is 0 Å². The Bertz CT molecular complexity index is 869. The number of amides is 1. The number of anilines is 1. The van der Waals surface area contributed by atoms with Crippen LogP contribution >= 0.6 is 23.1 Å². The topological polar surface area (TPSA) is 68.0 Å². The summed E-state index contributed by atoms with van der Waals surface area (Å²) in [6.07, 6.45) is 6.06. The van der Waals surface area contributed by atoms with E-state index in [0.717, 1.165) is 16.5 Å². The molecule has 0 atom stereocenters. The van der Waals surface area contributed by atoms with Crippen LogP contribution in [-0.2, 0) is 11.2 Å². The fraction of sp³-hybridized carbons (Fsp3) is 0.350. The van der Waals surface area contributed by atoms with E-state index in [1.54, 1.807) is 11.3 Å². The molecule has 27 heavy (non-hydrogen) atoms. The van der Waals surface area contributed by atoms with Crippen LogP contribution in [0.5, 0.6) is 0 Å². The number of carbonyl (C=O) groups excluding carboxylic acids is 1. The minimum atomic E-state index is -0.0542. The van der Waals surface area contributed by atoms with Gasteiger partial charge in [-0.05, 0) is 48.6 Å². The molecule has 0 spiro atoms. The van der Waals surface area contributed by atoms with Gasteiger partial charge in [0.1, 0.15) is 0 Å². The van der Waals surface area contributed by atoms with Gasteiger partial charge in [0, 0.05) is 39.6 Å². The fourth-order valence-corrected chi connectivity index (χ4v) is 5.01. The second kappa shape index (κ2) is 8.71. The molecule has 1 aromatic carbocycles. The van der Waals surface area contributed by atoms with Gasteiger partial charge in [0.05, 0.1) is 0 Å². The standard InChI is InChI=1S/C20H21N3O2S2/c24-18(9-10-19-22-20(23-25-19)14-11-12-26-13-14)21-15-5-7-17(8-6-15)27-16-3-1-2-4-16/h5-8,11-13,16H,1-4,9-10H2,(H,21,24). The number of rotatable bonds is 7. The molecule has 7 heteroatoms. The number of thioether (sulfide) groups is 1. The van der Waals surface area contributed by atoms with Gasteiger partial charge in [-0.15, -0.1) is 11.8 Å². The smallest absolute Gasteiger partial charge is 0.227 e. The van der Waals surface area contributed by atoms with Crippen LogP contribution in [0.1, 0.15) is 38.0 Å². The van der Waals surface area contributed by atoms with Crippen molar-refractivity contribution in [2.75, 3.05) is 5.32 Å². The highest BCUT2D eigenvalue weighted by Crippen LogP contribution is 2.34. The van der Waals surface area contributed by atoms with Crippen molar-refractivity contribution in [3.8, 4) is 11.4 Å². The molecule has 1 amide bonds. The van der Waals surface area contributed by atoms with Crippen molar-refractivity contribution < 1.29 is 9.32 Å².